The van der Waals surface area contributed by atoms with Gasteiger partial charge in [-0.1, -0.05) is 69.0 Å². The number of carbonyl (C=O) groups excluding carboxylic acids is 1. The van der Waals surface area contributed by atoms with Crippen LogP contribution in [0.25, 0.3) is 0 Å². The van der Waals surface area contributed by atoms with Crippen LogP contribution in [0, 0.1) is 0 Å². The number of thioether (sulfide) groups is 1. The largest absolute Gasteiger partial charge is 0.287 e. The summed E-state index contributed by atoms with van der Waals surface area (Å²) < 4.78 is 0. The number of hydrogen-bond donors (Lipinski definition) is 0. The van der Waals surface area contributed by atoms with E-state index in [0.717, 1.165) is 11.3 Å². The smallest absolute Gasteiger partial charge is 0.193 e. The summed E-state index contributed by atoms with van der Waals surface area (Å²) in [5.74, 6) is 0. The van der Waals surface area contributed by atoms with Crippen LogP contribution in [-0.4, -0.2) is 5.12 Å². The average Bonchev–Trinajstić information content (AvgIpc) is 2.35. The maximum absolute atomic E-state index is 11.7. The van der Waals surface area contributed by atoms with Gasteiger partial charge >= 0.3 is 0 Å². The molecule has 0 aliphatic heterocycles. The highest BCUT2D eigenvalue weighted by molar-refractivity contribution is 8.13. The first kappa shape index (κ1) is 14.3. The van der Waals surface area contributed by atoms with Crippen molar-refractivity contribution in [2.45, 2.75) is 56.8 Å². The summed E-state index contributed by atoms with van der Waals surface area (Å²) in [6.45, 7) is 2.22. The van der Waals surface area contributed by atoms with Crippen LogP contribution in [0.3, 0.4) is 0 Å². The molecule has 0 aromatic heterocycles. The van der Waals surface area contributed by atoms with Gasteiger partial charge in [-0.3, -0.25) is 4.79 Å². The van der Waals surface area contributed by atoms with E-state index in [1.807, 2.05) is 30.3 Å². The first-order valence-corrected chi connectivity index (χ1v) is 7.40. The Bertz CT molecular complexity index is 308. The SMILES string of the molecule is CCCCCCCCC(=O)Sc1ccccc1. The van der Waals surface area contributed by atoms with Gasteiger partial charge in [0.2, 0.25) is 0 Å². The van der Waals surface area contributed by atoms with E-state index in [2.05, 4.69) is 6.92 Å². The van der Waals surface area contributed by atoms with Crippen LogP contribution in [0.4, 0.5) is 0 Å². The van der Waals surface area contributed by atoms with Crippen LogP contribution in [0.1, 0.15) is 51.9 Å². The number of hydrogen-bond acceptors (Lipinski definition) is 2. The molecule has 0 amide bonds. The molecule has 1 rings (SSSR count). The fraction of sp³-hybridized carbons (Fsp3) is 0.533. The minimum atomic E-state index is 0.298. The highest BCUT2D eigenvalue weighted by Gasteiger charge is 2.03. The van der Waals surface area contributed by atoms with E-state index in [4.69, 9.17) is 0 Å². The number of unbranched alkanes of at least 4 members (excludes halogenated alkanes) is 5. The highest BCUT2D eigenvalue weighted by Crippen LogP contribution is 2.20. The zero-order chi connectivity index (χ0) is 12.3. The molecule has 0 saturated carbocycles. The van der Waals surface area contributed by atoms with E-state index in [1.54, 1.807) is 0 Å². The molecule has 0 radical (unpaired) electrons. The molecule has 0 N–H and O–H groups in total. The maximum Gasteiger partial charge on any atom is 0.193 e. The van der Waals surface area contributed by atoms with Gasteiger partial charge in [0.05, 0.1) is 0 Å². The lowest BCUT2D eigenvalue weighted by Gasteiger charge is -2.01. The zero-order valence-electron chi connectivity index (χ0n) is 10.7. The quantitative estimate of drug-likeness (QED) is 0.474. The molecule has 0 fully saturated rings. The van der Waals surface area contributed by atoms with Crippen molar-refractivity contribution in [3.8, 4) is 0 Å². The van der Waals surface area contributed by atoms with Crippen molar-refractivity contribution in [1.29, 1.82) is 0 Å². The molecular weight excluding hydrogens is 228 g/mol. The summed E-state index contributed by atoms with van der Waals surface area (Å²) in [5.41, 5.74) is 0. The summed E-state index contributed by atoms with van der Waals surface area (Å²) in [4.78, 5) is 12.7. The second kappa shape index (κ2) is 9.29. The second-order valence-corrected chi connectivity index (χ2v) is 5.44. The summed E-state index contributed by atoms with van der Waals surface area (Å²) in [6, 6.07) is 9.90. The molecule has 0 atom stereocenters. The van der Waals surface area contributed by atoms with E-state index in [-0.39, 0.29) is 0 Å². The van der Waals surface area contributed by atoms with E-state index in [1.165, 1.54) is 43.9 Å². The van der Waals surface area contributed by atoms with Gasteiger partial charge in [-0.25, -0.2) is 0 Å². The lowest BCUT2D eigenvalue weighted by atomic mass is 10.1. The van der Waals surface area contributed by atoms with Crippen molar-refractivity contribution >= 4 is 16.9 Å². The standard InChI is InChI=1S/C15H22OS/c1-2-3-4-5-6-10-13-15(16)17-14-11-8-7-9-12-14/h7-9,11-12H,2-6,10,13H2,1H3. The zero-order valence-corrected chi connectivity index (χ0v) is 11.5. The Morgan fingerprint density at radius 3 is 2.35 bits per heavy atom. The first-order chi connectivity index (χ1) is 8.33. The van der Waals surface area contributed by atoms with E-state index in [9.17, 15) is 4.79 Å². The molecule has 94 valence electrons. The molecule has 1 aromatic rings. The first-order valence-electron chi connectivity index (χ1n) is 6.58. The molecule has 1 nitrogen and oxygen atoms in total. The van der Waals surface area contributed by atoms with Crippen LogP contribution in [0.15, 0.2) is 35.2 Å². The third-order valence-electron chi connectivity index (χ3n) is 2.71. The maximum atomic E-state index is 11.7. The molecule has 0 spiro atoms. The normalized spacial score (nSPS) is 10.4. The van der Waals surface area contributed by atoms with Crippen LogP contribution in [0.5, 0.6) is 0 Å². The Balaban J connectivity index is 2.06. The Morgan fingerprint density at radius 2 is 1.65 bits per heavy atom. The van der Waals surface area contributed by atoms with Crippen molar-refractivity contribution in [3.63, 3.8) is 0 Å². The summed E-state index contributed by atoms with van der Waals surface area (Å²) >= 11 is 1.37. The second-order valence-electron chi connectivity index (χ2n) is 4.30. The van der Waals surface area contributed by atoms with Gasteiger partial charge in [-0.05, 0) is 18.6 Å². The predicted octanol–water partition coefficient (Wildman–Crippen LogP) is 5.06. The monoisotopic (exact) mass is 250 g/mol. The van der Waals surface area contributed by atoms with E-state index >= 15 is 0 Å². The number of benzene rings is 1. The molecule has 2 heteroatoms. The van der Waals surface area contributed by atoms with Gasteiger partial charge in [0, 0.05) is 11.3 Å². The van der Waals surface area contributed by atoms with Gasteiger partial charge in [-0.15, -0.1) is 0 Å². The minimum absolute atomic E-state index is 0.298. The van der Waals surface area contributed by atoms with Crippen molar-refractivity contribution in [1.82, 2.24) is 0 Å². The van der Waals surface area contributed by atoms with E-state index in [0.29, 0.717) is 11.5 Å². The van der Waals surface area contributed by atoms with E-state index < -0.39 is 0 Å². The fourth-order valence-electron chi connectivity index (χ4n) is 1.72. The minimum Gasteiger partial charge on any atom is -0.287 e. The van der Waals surface area contributed by atoms with Crippen molar-refractivity contribution < 1.29 is 4.79 Å². The Morgan fingerprint density at radius 1 is 1.00 bits per heavy atom. The molecule has 0 bridgehead atoms. The van der Waals surface area contributed by atoms with Gasteiger partial charge < -0.3 is 0 Å². The third-order valence-corrected chi connectivity index (χ3v) is 3.65. The molecule has 17 heavy (non-hydrogen) atoms. The highest BCUT2D eigenvalue weighted by atomic mass is 32.2. The van der Waals surface area contributed by atoms with Crippen LogP contribution >= 0.6 is 11.8 Å². The van der Waals surface area contributed by atoms with Gasteiger partial charge in [0.1, 0.15) is 0 Å². The molecule has 1 aromatic carbocycles. The lowest BCUT2D eigenvalue weighted by molar-refractivity contribution is -0.111. The number of carbonyl (C=O) groups is 1. The van der Waals surface area contributed by atoms with Gasteiger partial charge in [0.25, 0.3) is 0 Å². The fourth-order valence-corrected chi connectivity index (χ4v) is 2.52. The topological polar surface area (TPSA) is 17.1 Å². The Hall–Kier alpha value is -0.760. The van der Waals surface area contributed by atoms with Gasteiger partial charge in [0.15, 0.2) is 5.12 Å². The molecule has 0 aliphatic carbocycles. The number of rotatable bonds is 8. The van der Waals surface area contributed by atoms with Crippen LogP contribution in [0.2, 0.25) is 0 Å². The van der Waals surface area contributed by atoms with Crippen molar-refractivity contribution in [2.75, 3.05) is 0 Å². The molecule has 0 saturated heterocycles. The lowest BCUT2D eigenvalue weighted by Crippen LogP contribution is -1.91. The molecular formula is C15H22OS. The van der Waals surface area contributed by atoms with Gasteiger partial charge in [-0.2, -0.15) is 0 Å². The Labute approximate surface area is 109 Å². The summed E-state index contributed by atoms with van der Waals surface area (Å²) in [6.07, 6.45) is 8.15. The van der Waals surface area contributed by atoms with Crippen LogP contribution < -0.4 is 0 Å². The van der Waals surface area contributed by atoms with Crippen molar-refractivity contribution in [3.05, 3.63) is 30.3 Å². The van der Waals surface area contributed by atoms with Crippen LogP contribution in [-0.2, 0) is 4.79 Å². The Kier molecular flexibility index (Phi) is 7.81. The third kappa shape index (κ3) is 7.22. The summed E-state index contributed by atoms with van der Waals surface area (Å²) in [5, 5.41) is 0.298. The average molecular weight is 250 g/mol. The predicted molar refractivity (Wildman–Crippen MR) is 75.3 cm³/mol. The molecule has 0 unspecified atom stereocenters. The van der Waals surface area contributed by atoms with Crippen molar-refractivity contribution in [2.24, 2.45) is 0 Å². The summed E-state index contributed by atoms with van der Waals surface area (Å²) in [7, 11) is 0. The molecule has 0 aliphatic rings. The molecule has 0 heterocycles.